The van der Waals surface area contributed by atoms with E-state index in [4.69, 9.17) is 0 Å². The van der Waals surface area contributed by atoms with Crippen LogP contribution in [-0.2, 0) is 13.0 Å². The standard InChI is InChI=1S/C25H25N3O/c29-25(26-22-7-2-1-3-8-22)28-14-12-27(13-15-28)18-19-10-11-24-21(16-19)17-20-6-4-5-9-23(20)24/h1-11,16H,12-15,17-18H2,(H,26,29). The normalized spacial score (nSPS) is 15.7. The van der Waals surface area contributed by atoms with Gasteiger partial charge in [0.05, 0.1) is 0 Å². The Morgan fingerprint density at radius 2 is 1.52 bits per heavy atom. The summed E-state index contributed by atoms with van der Waals surface area (Å²) in [6, 6.07) is 25.2. The van der Waals surface area contributed by atoms with Crippen molar-refractivity contribution in [2.75, 3.05) is 31.5 Å². The summed E-state index contributed by atoms with van der Waals surface area (Å²) >= 11 is 0. The number of nitrogens with one attached hydrogen (secondary N) is 1. The maximum atomic E-state index is 12.5. The van der Waals surface area contributed by atoms with Crippen LogP contribution in [0.4, 0.5) is 10.5 Å². The van der Waals surface area contributed by atoms with Gasteiger partial charge in [0.15, 0.2) is 0 Å². The Kier molecular flexibility index (Phi) is 4.78. The van der Waals surface area contributed by atoms with Gasteiger partial charge in [-0.25, -0.2) is 4.79 Å². The largest absolute Gasteiger partial charge is 0.322 e. The number of fused-ring (bicyclic) bond motifs is 3. The zero-order chi connectivity index (χ0) is 19.6. The van der Waals surface area contributed by atoms with Crippen LogP contribution in [0.25, 0.3) is 11.1 Å². The number of para-hydroxylation sites is 1. The summed E-state index contributed by atoms with van der Waals surface area (Å²) in [5.41, 5.74) is 7.83. The fourth-order valence-electron chi connectivity index (χ4n) is 4.39. The van der Waals surface area contributed by atoms with Crippen LogP contribution in [0.15, 0.2) is 72.8 Å². The molecule has 2 aliphatic rings. The maximum Gasteiger partial charge on any atom is 0.321 e. The second-order valence-electron chi connectivity index (χ2n) is 7.88. The van der Waals surface area contributed by atoms with E-state index >= 15 is 0 Å². The molecule has 5 rings (SSSR count). The van der Waals surface area contributed by atoms with E-state index < -0.39 is 0 Å². The van der Waals surface area contributed by atoms with Gasteiger partial charge in [0.2, 0.25) is 0 Å². The summed E-state index contributed by atoms with van der Waals surface area (Å²) in [5, 5.41) is 2.98. The van der Waals surface area contributed by atoms with Crippen molar-refractivity contribution >= 4 is 11.7 Å². The zero-order valence-electron chi connectivity index (χ0n) is 16.5. The van der Waals surface area contributed by atoms with E-state index in [-0.39, 0.29) is 6.03 Å². The van der Waals surface area contributed by atoms with Crippen molar-refractivity contribution in [1.82, 2.24) is 9.80 Å². The molecule has 0 atom stereocenters. The molecule has 0 unspecified atom stereocenters. The third kappa shape index (κ3) is 3.76. The number of benzene rings is 3. The highest BCUT2D eigenvalue weighted by atomic mass is 16.2. The number of nitrogens with zero attached hydrogens (tertiary/aromatic N) is 2. The number of amides is 2. The Balaban J connectivity index is 1.18. The third-order valence-corrected chi connectivity index (χ3v) is 5.95. The molecule has 1 heterocycles. The fourth-order valence-corrected chi connectivity index (χ4v) is 4.39. The summed E-state index contributed by atoms with van der Waals surface area (Å²) in [4.78, 5) is 16.8. The number of piperazine rings is 1. The van der Waals surface area contributed by atoms with Gasteiger partial charge in [-0.3, -0.25) is 4.90 Å². The first-order valence-corrected chi connectivity index (χ1v) is 10.3. The summed E-state index contributed by atoms with van der Waals surface area (Å²) in [6.45, 7) is 4.26. The molecule has 0 spiro atoms. The molecule has 0 aromatic heterocycles. The first-order valence-electron chi connectivity index (χ1n) is 10.3. The number of carbonyl (C=O) groups excluding carboxylic acids is 1. The van der Waals surface area contributed by atoms with Crippen LogP contribution in [0.3, 0.4) is 0 Å². The number of urea groups is 1. The van der Waals surface area contributed by atoms with Crippen molar-refractivity contribution < 1.29 is 4.79 Å². The SMILES string of the molecule is O=C(Nc1ccccc1)N1CCN(Cc2ccc3c(c2)Cc2ccccc2-3)CC1. The molecule has 4 heteroatoms. The predicted molar refractivity (Wildman–Crippen MR) is 117 cm³/mol. The molecular weight excluding hydrogens is 358 g/mol. The van der Waals surface area contributed by atoms with E-state index in [0.717, 1.165) is 44.8 Å². The summed E-state index contributed by atoms with van der Waals surface area (Å²) in [7, 11) is 0. The van der Waals surface area contributed by atoms with E-state index in [2.05, 4.69) is 52.7 Å². The number of rotatable bonds is 3. The van der Waals surface area contributed by atoms with Crippen LogP contribution in [0.2, 0.25) is 0 Å². The van der Waals surface area contributed by atoms with Crippen molar-refractivity contribution in [3.63, 3.8) is 0 Å². The Morgan fingerprint density at radius 1 is 0.793 bits per heavy atom. The molecule has 2 amide bonds. The molecule has 1 N–H and O–H groups in total. The first kappa shape index (κ1) is 18.0. The zero-order valence-corrected chi connectivity index (χ0v) is 16.5. The van der Waals surface area contributed by atoms with Crippen molar-refractivity contribution in [3.8, 4) is 11.1 Å². The molecule has 4 nitrogen and oxygen atoms in total. The lowest BCUT2D eigenvalue weighted by atomic mass is 10.0. The molecule has 3 aromatic carbocycles. The number of hydrogen-bond acceptors (Lipinski definition) is 2. The average Bonchev–Trinajstić information content (AvgIpc) is 3.13. The maximum absolute atomic E-state index is 12.5. The average molecular weight is 383 g/mol. The quantitative estimate of drug-likeness (QED) is 0.561. The van der Waals surface area contributed by atoms with Crippen molar-refractivity contribution in [3.05, 3.63) is 89.5 Å². The van der Waals surface area contributed by atoms with E-state index in [1.165, 1.54) is 27.8 Å². The van der Waals surface area contributed by atoms with Crippen LogP contribution < -0.4 is 5.32 Å². The van der Waals surface area contributed by atoms with Crippen molar-refractivity contribution in [1.29, 1.82) is 0 Å². The Labute approximate surface area is 171 Å². The number of hydrogen-bond donors (Lipinski definition) is 1. The number of anilines is 1. The van der Waals surface area contributed by atoms with E-state index in [0.29, 0.717) is 0 Å². The third-order valence-electron chi connectivity index (χ3n) is 5.95. The van der Waals surface area contributed by atoms with E-state index in [1.807, 2.05) is 35.2 Å². The van der Waals surface area contributed by atoms with Gasteiger partial charge in [0.1, 0.15) is 0 Å². The topological polar surface area (TPSA) is 35.6 Å². The van der Waals surface area contributed by atoms with Crippen LogP contribution >= 0.6 is 0 Å². The van der Waals surface area contributed by atoms with Gasteiger partial charge >= 0.3 is 6.03 Å². The summed E-state index contributed by atoms with van der Waals surface area (Å²) in [5.74, 6) is 0. The second-order valence-corrected chi connectivity index (χ2v) is 7.88. The van der Waals surface area contributed by atoms with E-state index in [1.54, 1.807) is 0 Å². The highest BCUT2D eigenvalue weighted by Crippen LogP contribution is 2.36. The molecule has 1 aliphatic carbocycles. The molecule has 0 radical (unpaired) electrons. The predicted octanol–water partition coefficient (Wildman–Crippen LogP) is 4.61. The van der Waals surface area contributed by atoms with Gasteiger partial charge in [0, 0.05) is 38.4 Å². The minimum absolute atomic E-state index is 0.00820. The monoisotopic (exact) mass is 383 g/mol. The molecular formula is C25H25N3O. The van der Waals surface area contributed by atoms with E-state index in [9.17, 15) is 4.79 Å². The Morgan fingerprint density at radius 3 is 2.34 bits per heavy atom. The first-order chi connectivity index (χ1) is 14.3. The molecule has 29 heavy (non-hydrogen) atoms. The lowest BCUT2D eigenvalue weighted by Crippen LogP contribution is -2.49. The molecule has 0 saturated carbocycles. The highest BCUT2D eigenvalue weighted by molar-refractivity contribution is 5.89. The van der Waals surface area contributed by atoms with Gasteiger partial charge in [-0.15, -0.1) is 0 Å². The fraction of sp³-hybridized carbons (Fsp3) is 0.240. The summed E-state index contributed by atoms with van der Waals surface area (Å²) < 4.78 is 0. The molecule has 1 fully saturated rings. The lowest BCUT2D eigenvalue weighted by Gasteiger charge is -2.34. The smallest absolute Gasteiger partial charge is 0.321 e. The summed E-state index contributed by atoms with van der Waals surface area (Å²) in [6.07, 6.45) is 1.03. The van der Waals surface area contributed by atoms with Crippen LogP contribution in [0, 0.1) is 0 Å². The highest BCUT2D eigenvalue weighted by Gasteiger charge is 2.22. The van der Waals surface area contributed by atoms with Crippen molar-refractivity contribution in [2.24, 2.45) is 0 Å². The second kappa shape index (κ2) is 7.72. The van der Waals surface area contributed by atoms with Crippen molar-refractivity contribution in [2.45, 2.75) is 13.0 Å². The van der Waals surface area contributed by atoms with Crippen LogP contribution in [0.5, 0.6) is 0 Å². The molecule has 146 valence electrons. The number of carbonyl (C=O) groups is 1. The van der Waals surface area contributed by atoms with Gasteiger partial charge in [0.25, 0.3) is 0 Å². The molecule has 0 bridgehead atoms. The van der Waals surface area contributed by atoms with Crippen LogP contribution in [0.1, 0.15) is 16.7 Å². The minimum atomic E-state index is -0.00820. The molecule has 1 aliphatic heterocycles. The van der Waals surface area contributed by atoms with Gasteiger partial charge < -0.3 is 10.2 Å². The van der Waals surface area contributed by atoms with Gasteiger partial charge in [-0.2, -0.15) is 0 Å². The van der Waals surface area contributed by atoms with Gasteiger partial charge in [-0.05, 0) is 46.4 Å². The van der Waals surface area contributed by atoms with Crippen LogP contribution in [-0.4, -0.2) is 42.0 Å². The molecule has 1 saturated heterocycles. The van der Waals surface area contributed by atoms with Gasteiger partial charge in [-0.1, -0.05) is 60.7 Å². The molecule has 3 aromatic rings. The lowest BCUT2D eigenvalue weighted by molar-refractivity contribution is 0.143. The Hall–Kier alpha value is -3.11. The minimum Gasteiger partial charge on any atom is -0.322 e. The Bertz CT molecular complexity index is 1020.